The van der Waals surface area contributed by atoms with Gasteiger partial charge in [0.25, 0.3) is 0 Å². The molecule has 4 rings (SSSR count). The van der Waals surface area contributed by atoms with Gasteiger partial charge in [-0.05, 0) is 12.1 Å². The summed E-state index contributed by atoms with van der Waals surface area (Å²) in [5.74, 6) is 0. The molecule has 0 aliphatic heterocycles. The standard InChI is InChI=1S/2C14H16N2.Ir/c2*1-14(2,3)13-9-12(15-10-16-13)11-7-5-4-6-8-11;/h2*4-10H,1-3H3;/q;;+3. The SMILES string of the molecule is CC(C)(C)c1cc(-c2ccccc2)ncn1.CC(C)(C)c1cc(-c2ccccc2)ncn1.[Ir+3]. The van der Waals surface area contributed by atoms with Crippen LogP contribution in [-0.2, 0) is 30.9 Å². The molecular weight excluding hydrogens is 585 g/mol. The van der Waals surface area contributed by atoms with E-state index in [1.165, 1.54) is 0 Å². The summed E-state index contributed by atoms with van der Waals surface area (Å²) in [7, 11) is 0. The summed E-state index contributed by atoms with van der Waals surface area (Å²) in [6, 6.07) is 24.5. The van der Waals surface area contributed by atoms with E-state index in [0.717, 1.165) is 33.9 Å². The number of benzene rings is 2. The Morgan fingerprint density at radius 2 is 0.818 bits per heavy atom. The van der Waals surface area contributed by atoms with Crippen molar-refractivity contribution in [1.29, 1.82) is 0 Å². The maximum absolute atomic E-state index is 4.33. The first-order chi connectivity index (χ1) is 15.1. The van der Waals surface area contributed by atoms with Crippen molar-refractivity contribution in [2.75, 3.05) is 0 Å². The van der Waals surface area contributed by atoms with Crippen LogP contribution in [0, 0.1) is 0 Å². The van der Waals surface area contributed by atoms with E-state index in [0.29, 0.717) is 0 Å². The molecule has 0 spiro atoms. The zero-order chi connectivity index (χ0) is 23.2. The minimum Gasteiger partial charge on any atom is -0.241 e. The Balaban J connectivity index is 0.000000227. The average Bonchev–Trinajstić information content (AvgIpc) is 2.80. The molecule has 0 amide bonds. The summed E-state index contributed by atoms with van der Waals surface area (Å²) in [5, 5.41) is 0. The fraction of sp³-hybridized carbons (Fsp3) is 0.286. The number of rotatable bonds is 2. The second-order valence-electron chi connectivity index (χ2n) is 9.81. The Morgan fingerprint density at radius 1 is 0.485 bits per heavy atom. The summed E-state index contributed by atoms with van der Waals surface area (Å²) in [6.45, 7) is 12.9. The van der Waals surface area contributed by atoms with E-state index >= 15 is 0 Å². The van der Waals surface area contributed by atoms with Gasteiger partial charge in [0.05, 0.1) is 11.4 Å². The second kappa shape index (κ2) is 11.4. The third-order valence-corrected chi connectivity index (χ3v) is 5.01. The molecule has 0 saturated heterocycles. The van der Waals surface area contributed by atoms with Gasteiger partial charge in [-0.25, -0.2) is 19.9 Å². The van der Waals surface area contributed by atoms with Gasteiger partial charge >= 0.3 is 20.1 Å². The number of hydrogen-bond acceptors (Lipinski definition) is 4. The zero-order valence-electron chi connectivity index (χ0n) is 20.2. The van der Waals surface area contributed by atoms with Crippen LogP contribution in [0.5, 0.6) is 0 Å². The smallest absolute Gasteiger partial charge is 0.241 e. The Bertz CT molecular complexity index is 1040. The van der Waals surface area contributed by atoms with Crippen LogP contribution in [0.4, 0.5) is 0 Å². The van der Waals surface area contributed by atoms with Gasteiger partial charge in [-0.3, -0.25) is 0 Å². The Morgan fingerprint density at radius 3 is 1.12 bits per heavy atom. The minimum atomic E-state index is 0. The molecule has 0 atom stereocenters. The van der Waals surface area contributed by atoms with Gasteiger partial charge in [0.1, 0.15) is 12.7 Å². The Labute approximate surface area is 211 Å². The third-order valence-electron chi connectivity index (χ3n) is 5.01. The van der Waals surface area contributed by atoms with Gasteiger partial charge in [0, 0.05) is 33.3 Å². The first-order valence-corrected chi connectivity index (χ1v) is 10.9. The van der Waals surface area contributed by atoms with E-state index in [2.05, 4.69) is 97.9 Å². The van der Waals surface area contributed by atoms with Crippen molar-refractivity contribution in [3.63, 3.8) is 0 Å². The van der Waals surface area contributed by atoms with Gasteiger partial charge in [-0.2, -0.15) is 0 Å². The fourth-order valence-corrected chi connectivity index (χ4v) is 3.07. The van der Waals surface area contributed by atoms with Gasteiger partial charge < -0.3 is 0 Å². The van der Waals surface area contributed by atoms with Crippen molar-refractivity contribution >= 4 is 0 Å². The van der Waals surface area contributed by atoms with Gasteiger partial charge in [0.2, 0.25) is 0 Å². The van der Waals surface area contributed by atoms with Crippen molar-refractivity contribution in [3.8, 4) is 22.5 Å². The van der Waals surface area contributed by atoms with Crippen LogP contribution in [0.1, 0.15) is 52.9 Å². The topological polar surface area (TPSA) is 51.6 Å². The monoisotopic (exact) mass is 617 g/mol. The molecule has 33 heavy (non-hydrogen) atoms. The number of nitrogens with zero attached hydrogens (tertiary/aromatic N) is 4. The summed E-state index contributed by atoms with van der Waals surface area (Å²) in [6.07, 6.45) is 3.28. The van der Waals surface area contributed by atoms with E-state index in [1.807, 2.05) is 36.4 Å². The summed E-state index contributed by atoms with van der Waals surface area (Å²) in [4.78, 5) is 17.3. The van der Waals surface area contributed by atoms with E-state index < -0.39 is 0 Å². The van der Waals surface area contributed by atoms with Crippen molar-refractivity contribution < 1.29 is 20.1 Å². The first-order valence-electron chi connectivity index (χ1n) is 10.9. The van der Waals surface area contributed by atoms with Crippen molar-refractivity contribution in [1.82, 2.24) is 19.9 Å². The molecular formula is C28H32IrN4+3. The van der Waals surface area contributed by atoms with Crippen LogP contribution < -0.4 is 0 Å². The third kappa shape index (κ3) is 7.66. The molecule has 4 aromatic rings. The van der Waals surface area contributed by atoms with Crippen molar-refractivity contribution in [3.05, 3.63) is 96.8 Å². The molecule has 0 unspecified atom stereocenters. The predicted octanol–water partition coefficient (Wildman–Crippen LogP) is 6.88. The first kappa shape index (κ1) is 26.5. The number of hydrogen-bond donors (Lipinski definition) is 0. The maximum Gasteiger partial charge on any atom is 3.00 e. The summed E-state index contributed by atoms with van der Waals surface area (Å²) >= 11 is 0. The van der Waals surface area contributed by atoms with Crippen molar-refractivity contribution in [2.45, 2.75) is 52.4 Å². The second-order valence-corrected chi connectivity index (χ2v) is 9.81. The van der Waals surface area contributed by atoms with E-state index in [9.17, 15) is 0 Å². The van der Waals surface area contributed by atoms with Gasteiger partial charge in [-0.15, -0.1) is 0 Å². The molecule has 2 heterocycles. The molecule has 0 fully saturated rings. The molecule has 0 aliphatic rings. The predicted molar refractivity (Wildman–Crippen MR) is 132 cm³/mol. The zero-order valence-corrected chi connectivity index (χ0v) is 22.6. The normalized spacial score (nSPS) is 11.1. The van der Waals surface area contributed by atoms with Crippen molar-refractivity contribution in [2.24, 2.45) is 0 Å². The molecule has 5 heteroatoms. The Kier molecular flexibility index (Phi) is 9.16. The average molecular weight is 617 g/mol. The molecule has 2 aromatic carbocycles. The molecule has 0 bridgehead atoms. The molecule has 4 nitrogen and oxygen atoms in total. The van der Waals surface area contributed by atoms with Crippen LogP contribution in [0.25, 0.3) is 22.5 Å². The minimum absolute atomic E-state index is 0. The maximum atomic E-state index is 4.33. The van der Waals surface area contributed by atoms with Crippen LogP contribution in [-0.4, -0.2) is 19.9 Å². The van der Waals surface area contributed by atoms with Gasteiger partial charge in [0.15, 0.2) is 0 Å². The molecule has 2 aromatic heterocycles. The van der Waals surface area contributed by atoms with Gasteiger partial charge in [-0.1, -0.05) is 102 Å². The van der Waals surface area contributed by atoms with E-state index in [4.69, 9.17) is 0 Å². The van der Waals surface area contributed by atoms with Crippen LogP contribution >= 0.6 is 0 Å². The van der Waals surface area contributed by atoms with Crippen LogP contribution in [0.15, 0.2) is 85.5 Å². The van der Waals surface area contributed by atoms with E-state index in [1.54, 1.807) is 12.7 Å². The summed E-state index contributed by atoms with van der Waals surface area (Å²) < 4.78 is 0. The molecule has 0 saturated carbocycles. The molecule has 0 N–H and O–H groups in total. The van der Waals surface area contributed by atoms with E-state index in [-0.39, 0.29) is 30.9 Å². The number of aromatic nitrogens is 4. The quantitative estimate of drug-likeness (QED) is 0.247. The molecule has 0 aliphatic carbocycles. The largest absolute Gasteiger partial charge is 3.00 e. The Hall–Kier alpha value is -2.75. The summed E-state index contributed by atoms with van der Waals surface area (Å²) in [5.41, 5.74) is 6.51. The fourth-order valence-electron chi connectivity index (χ4n) is 3.07. The molecule has 0 radical (unpaired) electrons. The van der Waals surface area contributed by atoms with Crippen LogP contribution in [0.3, 0.4) is 0 Å². The molecule has 170 valence electrons. The van der Waals surface area contributed by atoms with Crippen LogP contribution in [0.2, 0.25) is 0 Å².